The maximum Gasteiger partial charge on any atom is 0.329 e. The van der Waals surface area contributed by atoms with E-state index in [2.05, 4.69) is 20.5 Å². The van der Waals surface area contributed by atoms with Gasteiger partial charge in [0, 0.05) is 31.9 Å². The minimum absolute atomic E-state index is 0.0409. The molecule has 3 N–H and O–H groups in total. The summed E-state index contributed by atoms with van der Waals surface area (Å²) >= 11 is 5.89. The first-order valence-electron chi connectivity index (χ1n) is 11.1. The maximum absolute atomic E-state index is 12.6. The first-order chi connectivity index (χ1) is 17.2. The number of aromatic nitrogens is 4. The number of imidazole rings is 1. The van der Waals surface area contributed by atoms with Gasteiger partial charge in [0.05, 0.1) is 12.8 Å². The fourth-order valence-corrected chi connectivity index (χ4v) is 3.63. The molecule has 1 atom stereocenters. The number of aliphatic hydroxyl groups excluding tert-OH is 1. The predicted octanol–water partition coefficient (Wildman–Crippen LogP) is 2.03. The van der Waals surface area contributed by atoms with Crippen LogP contribution < -0.4 is 26.3 Å². The molecule has 11 nitrogen and oxygen atoms in total. The largest absolute Gasteiger partial charge is 0.491 e. The first kappa shape index (κ1) is 25.0. The highest BCUT2D eigenvalue weighted by atomic mass is 35.5. The summed E-state index contributed by atoms with van der Waals surface area (Å²) in [5, 5.41) is 15.5. The zero-order chi connectivity index (χ0) is 25.8. The fourth-order valence-electron chi connectivity index (χ4n) is 3.51. The number of anilines is 2. The van der Waals surface area contributed by atoms with Crippen LogP contribution in [0.15, 0.2) is 63.2 Å². The lowest BCUT2D eigenvalue weighted by atomic mass is 10.2. The number of hydrogen-bond acceptors (Lipinski definition) is 8. The Kier molecular flexibility index (Phi) is 7.41. The van der Waals surface area contributed by atoms with Crippen LogP contribution in [0.4, 0.5) is 11.6 Å². The Morgan fingerprint density at radius 2 is 1.89 bits per heavy atom. The van der Waals surface area contributed by atoms with Gasteiger partial charge < -0.3 is 19.3 Å². The number of hydrazone groups is 1. The molecule has 12 heteroatoms. The number of hydrogen-bond donors (Lipinski definition) is 3. The van der Waals surface area contributed by atoms with E-state index < -0.39 is 17.4 Å². The molecule has 1 unspecified atom stereocenters. The summed E-state index contributed by atoms with van der Waals surface area (Å²) in [6, 6.07) is 14.5. The topological polar surface area (TPSA) is 130 Å². The van der Waals surface area contributed by atoms with Crippen molar-refractivity contribution >= 4 is 40.6 Å². The van der Waals surface area contributed by atoms with Crippen molar-refractivity contribution in [2.75, 3.05) is 31.0 Å². The molecule has 0 spiro atoms. The second kappa shape index (κ2) is 10.7. The van der Waals surface area contributed by atoms with Gasteiger partial charge in [-0.3, -0.25) is 14.3 Å². The third kappa shape index (κ3) is 5.58. The Bertz CT molecular complexity index is 1490. The van der Waals surface area contributed by atoms with E-state index in [0.717, 1.165) is 11.3 Å². The van der Waals surface area contributed by atoms with Gasteiger partial charge in [0.1, 0.15) is 18.5 Å². The van der Waals surface area contributed by atoms with E-state index in [1.54, 1.807) is 30.5 Å². The van der Waals surface area contributed by atoms with E-state index in [-0.39, 0.29) is 30.3 Å². The summed E-state index contributed by atoms with van der Waals surface area (Å²) < 4.78 is 8.31. The summed E-state index contributed by atoms with van der Waals surface area (Å²) in [6.07, 6.45) is 0.602. The molecule has 0 aliphatic carbocycles. The molecular weight excluding hydrogens is 486 g/mol. The molecule has 0 aliphatic heterocycles. The average Bonchev–Trinajstić information content (AvgIpc) is 3.21. The minimum Gasteiger partial charge on any atom is -0.491 e. The number of aryl methyl sites for hydroxylation is 1. The number of rotatable bonds is 9. The second-order valence-electron chi connectivity index (χ2n) is 8.31. The van der Waals surface area contributed by atoms with Crippen LogP contribution in [-0.2, 0) is 13.6 Å². The summed E-state index contributed by atoms with van der Waals surface area (Å²) in [5.41, 5.74) is 3.78. The van der Waals surface area contributed by atoms with Crippen molar-refractivity contribution in [3.8, 4) is 5.75 Å². The number of nitrogens with zero attached hydrogens (tertiary/aromatic N) is 5. The maximum atomic E-state index is 12.6. The fraction of sp³-hybridized carbons (Fsp3) is 0.250. The SMILES string of the molecule is CN(C)c1ccc(/C=N/Nc2nc3c(c(=O)[nH]c(=O)n3C)n2CC(O)COc2ccc(Cl)cc2)cc1. The van der Waals surface area contributed by atoms with Crippen LogP contribution in [0.1, 0.15) is 5.56 Å². The molecule has 4 rings (SSSR count). The smallest absolute Gasteiger partial charge is 0.329 e. The Hall–Kier alpha value is -4.09. The van der Waals surface area contributed by atoms with Gasteiger partial charge in [0.15, 0.2) is 11.2 Å². The van der Waals surface area contributed by atoms with Gasteiger partial charge in [-0.05, 0) is 42.0 Å². The summed E-state index contributed by atoms with van der Waals surface area (Å²) in [7, 11) is 5.41. The van der Waals surface area contributed by atoms with Crippen LogP contribution in [0.5, 0.6) is 5.75 Å². The highest BCUT2D eigenvalue weighted by Crippen LogP contribution is 2.18. The molecule has 0 saturated carbocycles. The minimum atomic E-state index is -1.00. The normalized spacial score (nSPS) is 12.2. The number of nitrogens with one attached hydrogen (secondary N) is 2. The zero-order valence-corrected chi connectivity index (χ0v) is 20.7. The van der Waals surface area contributed by atoms with E-state index >= 15 is 0 Å². The zero-order valence-electron chi connectivity index (χ0n) is 20.0. The molecule has 2 aromatic heterocycles. The number of aliphatic hydroxyl groups is 1. The molecule has 2 aromatic carbocycles. The van der Waals surface area contributed by atoms with Crippen LogP contribution in [0.25, 0.3) is 11.2 Å². The molecule has 0 bridgehead atoms. The molecule has 188 valence electrons. The molecule has 0 amide bonds. The number of halogens is 1. The highest BCUT2D eigenvalue weighted by Gasteiger charge is 2.20. The summed E-state index contributed by atoms with van der Waals surface area (Å²) in [5.74, 6) is 0.723. The van der Waals surface area contributed by atoms with Crippen LogP contribution in [0.2, 0.25) is 5.02 Å². The Balaban J connectivity index is 1.58. The number of H-pyrrole nitrogens is 1. The molecule has 4 aromatic rings. The average molecular weight is 512 g/mol. The van der Waals surface area contributed by atoms with E-state index in [1.807, 2.05) is 43.3 Å². The van der Waals surface area contributed by atoms with E-state index in [4.69, 9.17) is 16.3 Å². The van der Waals surface area contributed by atoms with Gasteiger partial charge in [0.2, 0.25) is 5.95 Å². The van der Waals surface area contributed by atoms with Gasteiger partial charge >= 0.3 is 5.69 Å². The van der Waals surface area contributed by atoms with Gasteiger partial charge in [-0.15, -0.1) is 0 Å². The summed E-state index contributed by atoms with van der Waals surface area (Å²) in [6.45, 7) is -0.0906. The highest BCUT2D eigenvalue weighted by molar-refractivity contribution is 6.30. The first-order valence-corrected chi connectivity index (χ1v) is 11.4. The molecule has 36 heavy (non-hydrogen) atoms. The van der Waals surface area contributed by atoms with Crippen molar-refractivity contribution in [1.29, 1.82) is 0 Å². The molecule has 2 heterocycles. The number of ether oxygens (including phenoxy) is 1. The quantitative estimate of drug-likeness (QED) is 0.231. The van der Waals surface area contributed by atoms with Crippen molar-refractivity contribution in [3.63, 3.8) is 0 Å². The van der Waals surface area contributed by atoms with E-state index in [9.17, 15) is 14.7 Å². The number of aromatic amines is 1. The van der Waals surface area contributed by atoms with Crippen molar-refractivity contribution in [1.82, 2.24) is 19.1 Å². The summed E-state index contributed by atoms with van der Waals surface area (Å²) in [4.78, 5) is 33.4. The standard InChI is InChI=1S/C24H26ClN7O4/c1-30(2)17-8-4-15(5-9-17)12-26-29-23-27-21-20(22(34)28-24(35)31(21)3)32(23)13-18(33)14-36-19-10-6-16(25)7-11-19/h4-12,18,33H,13-14H2,1-3H3,(H,27,29)(H,28,34,35)/b26-12+. The lowest BCUT2D eigenvalue weighted by Crippen LogP contribution is -2.30. The van der Waals surface area contributed by atoms with Crippen LogP contribution >= 0.6 is 11.6 Å². The van der Waals surface area contributed by atoms with E-state index in [1.165, 1.54) is 16.2 Å². The molecule has 0 saturated heterocycles. The molecule has 0 fully saturated rings. The Morgan fingerprint density at radius 1 is 1.19 bits per heavy atom. The monoisotopic (exact) mass is 511 g/mol. The molecular formula is C24H26ClN7O4. The van der Waals surface area contributed by atoms with Crippen LogP contribution in [0, 0.1) is 0 Å². The molecule has 0 aliphatic rings. The third-order valence-corrected chi connectivity index (χ3v) is 5.70. The van der Waals surface area contributed by atoms with Crippen molar-refractivity contribution in [3.05, 3.63) is 80.0 Å². The molecule has 0 radical (unpaired) electrons. The lowest BCUT2D eigenvalue weighted by molar-refractivity contribution is 0.0938. The Labute approximate surface area is 211 Å². The van der Waals surface area contributed by atoms with Gasteiger partial charge in [-0.1, -0.05) is 23.7 Å². The van der Waals surface area contributed by atoms with Crippen molar-refractivity contribution in [2.45, 2.75) is 12.6 Å². The lowest BCUT2D eigenvalue weighted by Gasteiger charge is -2.15. The predicted molar refractivity (Wildman–Crippen MR) is 141 cm³/mol. The van der Waals surface area contributed by atoms with Gasteiger partial charge in [0.25, 0.3) is 5.56 Å². The van der Waals surface area contributed by atoms with Crippen LogP contribution in [0.3, 0.4) is 0 Å². The van der Waals surface area contributed by atoms with Crippen molar-refractivity contribution in [2.24, 2.45) is 12.1 Å². The Morgan fingerprint density at radius 3 is 2.56 bits per heavy atom. The van der Waals surface area contributed by atoms with Gasteiger partial charge in [-0.25, -0.2) is 10.2 Å². The van der Waals surface area contributed by atoms with Gasteiger partial charge in [-0.2, -0.15) is 10.1 Å². The van der Waals surface area contributed by atoms with Crippen molar-refractivity contribution < 1.29 is 9.84 Å². The second-order valence-corrected chi connectivity index (χ2v) is 8.75. The van der Waals surface area contributed by atoms with E-state index in [0.29, 0.717) is 10.8 Å². The third-order valence-electron chi connectivity index (χ3n) is 5.44. The number of fused-ring (bicyclic) bond motifs is 1. The van der Waals surface area contributed by atoms with Crippen LogP contribution in [-0.4, -0.2) is 57.2 Å². The number of benzene rings is 2.